The van der Waals surface area contributed by atoms with Crippen LogP contribution in [-0.2, 0) is 16.1 Å². The van der Waals surface area contributed by atoms with Crippen LogP contribution in [-0.4, -0.2) is 32.9 Å². The predicted molar refractivity (Wildman–Crippen MR) is 111 cm³/mol. The summed E-state index contributed by atoms with van der Waals surface area (Å²) in [6.45, 7) is 1.48. The van der Waals surface area contributed by atoms with E-state index in [1.807, 2.05) is 0 Å². The minimum atomic E-state index is -0.868. The third-order valence-electron chi connectivity index (χ3n) is 4.06. The van der Waals surface area contributed by atoms with Crippen LogP contribution >= 0.6 is 22.9 Å². The number of benzene rings is 2. The SMILES string of the molecule is CCOC(=O)Cn1c(=NC(=O)c2cc([N+](=O)[O-])ccc2Cl)sc2cc([N+](=O)[O-])ccc21. The largest absolute Gasteiger partial charge is 0.465 e. The first-order valence-electron chi connectivity index (χ1n) is 8.67. The van der Waals surface area contributed by atoms with E-state index in [1.54, 1.807) is 6.92 Å². The van der Waals surface area contributed by atoms with E-state index in [0.717, 1.165) is 23.5 Å². The Kier molecular flexibility index (Phi) is 6.42. The number of halogens is 1. The molecular weight excluding hydrogens is 452 g/mol. The molecule has 2 aromatic carbocycles. The number of esters is 1. The molecule has 0 aliphatic rings. The minimum absolute atomic E-state index is 0.0342. The summed E-state index contributed by atoms with van der Waals surface area (Å²) in [7, 11) is 0. The Balaban J connectivity index is 2.17. The van der Waals surface area contributed by atoms with E-state index in [-0.39, 0.29) is 39.9 Å². The molecule has 1 heterocycles. The molecule has 3 rings (SSSR count). The van der Waals surface area contributed by atoms with E-state index in [2.05, 4.69) is 4.99 Å². The van der Waals surface area contributed by atoms with Gasteiger partial charge >= 0.3 is 5.97 Å². The van der Waals surface area contributed by atoms with Gasteiger partial charge in [-0.25, -0.2) is 0 Å². The number of carbonyl (C=O) groups is 2. The lowest BCUT2D eigenvalue weighted by atomic mass is 10.2. The van der Waals surface area contributed by atoms with Crippen LogP contribution in [0.5, 0.6) is 0 Å². The zero-order valence-corrected chi connectivity index (χ0v) is 17.4. The van der Waals surface area contributed by atoms with E-state index in [0.29, 0.717) is 10.2 Å². The lowest BCUT2D eigenvalue weighted by Crippen LogP contribution is -2.23. The highest BCUT2D eigenvalue weighted by molar-refractivity contribution is 7.16. The minimum Gasteiger partial charge on any atom is -0.465 e. The van der Waals surface area contributed by atoms with Gasteiger partial charge in [0.1, 0.15) is 6.54 Å². The zero-order chi connectivity index (χ0) is 22.7. The van der Waals surface area contributed by atoms with Crippen LogP contribution in [0.25, 0.3) is 10.2 Å². The Bertz CT molecular complexity index is 1300. The number of hydrogen-bond acceptors (Lipinski definition) is 8. The van der Waals surface area contributed by atoms with Crippen molar-refractivity contribution >= 4 is 56.4 Å². The predicted octanol–water partition coefficient (Wildman–Crippen LogP) is 3.48. The second-order valence-corrected chi connectivity index (χ2v) is 7.44. The van der Waals surface area contributed by atoms with E-state index < -0.39 is 21.7 Å². The van der Waals surface area contributed by atoms with Gasteiger partial charge in [0, 0.05) is 24.3 Å². The topological polar surface area (TPSA) is 147 Å². The summed E-state index contributed by atoms with van der Waals surface area (Å²) in [4.78, 5) is 49.6. The maximum atomic E-state index is 12.7. The highest BCUT2D eigenvalue weighted by Crippen LogP contribution is 2.25. The van der Waals surface area contributed by atoms with Crippen LogP contribution in [0.15, 0.2) is 41.4 Å². The number of fused-ring (bicyclic) bond motifs is 1. The highest BCUT2D eigenvalue weighted by Gasteiger charge is 2.18. The molecule has 11 nitrogen and oxygen atoms in total. The van der Waals surface area contributed by atoms with Crippen molar-refractivity contribution in [1.82, 2.24) is 4.57 Å². The summed E-state index contributed by atoms with van der Waals surface area (Å²) in [5, 5.41) is 22.0. The van der Waals surface area contributed by atoms with Crippen LogP contribution in [0.1, 0.15) is 17.3 Å². The third-order valence-corrected chi connectivity index (χ3v) is 5.43. The molecule has 0 atom stereocenters. The van der Waals surface area contributed by atoms with Gasteiger partial charge in [-0.1, -0.05) is 22.9 Å². The van der Waals surface area contributed by atoms with Gasteiger partial charge in [0.2, 0.25) is 0 Å². The highest BCUT2D eigenvalue weighted by atomic mass is 35.5. The van der Waals surface area contributed by atoms with Gasteiger partial charge in [0.05, 0.1) is 37.3 Å². The Labute approximate surface area is 182 Å². The lowest BCUT2D eigenvalue weighted by Gasteiger charge is -2.05. The summed E-state index contributed by atoms with van der Waals surface area (Å²) in [6, 6.07) is 7.36. The molecule has 1 amide bonds. The fourth-order valence-corrected chi connectivity index (χ4v) is 3.95. The smallest absolute Gasteiger partial charge is 0.326 e. The number of nitro benzene ring substituents is 2. The molecule has 13 heteroatoms. The van der Waals surface area contributed by atoms with Gasteiger partial charge in [-0.05, 0) is 19.1 Å². The number of hydrogen-bond donors (Lipinski definition) is 0. The van der Waals surface area contributed by atoms with Gasteiger partial charge in [-0.3, -0.25) is 29.8 Å². The number of rotatable bonds is 6. The van der Waals surface area contributed by atoms with Gasteiger partial charge in [-0.15, -0.1) is 0 Å². The summed E-state index contributed by atoms with van der Waals surface area (Å²) in [5.41, 5.74) is -0.270. The van der Waals surface area contributed by atoms with Crippen LogP contribution in [0.4, 0.5) is 11.4 Å². The Morgan fingerprint density at radius 2 is 1.77 bits per heavy atom. The van der Waals surface area contributed by atoms with E-state index in [1.165, 1.54) is 28.8 Å². The van der Waals surface area contributed by atoms with Crippen LogP contribution in [0.2, 0.25) is 5.02 Å². The molecule has 0 saturated carbocycles. The van der Waals surface area contributed by atoms with E-state index in [4.69, 9.17) is 16.3 Å². The number of non-ortho nitro benzene ring substituents is 2. The quantitative estimate of drug-likeness (QED) is 0.308. The van der Waals surface area contributed by atoms with E-state index in [9.17, 15) is 29.8 Å². The number of aromatic nitrogens is 1. The van der Waals surface area contributed by atoms with Crippen molar-refractivity contribution in [3.05, 3.63) is 72.0 Å². The van der Waals surface area contributed by atoms with Crippen molar-refractivity contribution in [3.63, 3.8) is 0 Å². The fourth-order valence-electron chi connectivity index (χ4n) is 2.69. The Hall–Kier alpha value is -3.64. The van der Waals surface area contributed by atoms with Crippen molar-refractivity contribution in [2.45, 2.75) is 13.5 Å². The molecule has 0 unspecified atom stereocenters. The molecule has 1 aromatic heterocycles. The second kappa shape index (κ2) is 9.02. The number of carbonyl (C=O) groups excluding carboxylic acids is 2. The van der Waals surface area contributed by atoms with Crippen LogP contribution in [0, 0.1) is 20.2 Å². The molecule has 0 spiro atoms. The Morgan fingerprint density at radius 3 is 2.42 bits per heavy atom. The molecule has 0 fully saturated rings. The summed E-state index contributed by atoms with van der Waals surface area (Å²) in [5.74, 6) is -1.46. The molecule has 0 aliphatic carbocycles. The first kappa shape index (κ1) is 22.1. The van der Waals surface area contributed by atoms with Gasteiger partial charge < -0.3 is 9.30 Å². The van der Waals surface area contributed by atoms with Crippen molar-refractivity contribution < 1.29 is 24.2 Å². The number of nitro groups is 2. The third kappa shape index (κ3) is 4.75. The van der Waals surface area contributed by atoms with E-state index >= 15 is 0 Å². The van der Waals surface area contributed by atoms with Crippen LogP contribution < -0.4 is 4.80 Å². The summed E-state index contributed by atoms with van der Waals surface area (Å²) in [6.07, 6.45) is 0. The number of nitrogens with zero attached hydrogens (tertiary/aromatic N) is 4. The maximum Gasteiger partial charge on any atom is 0.326 e. The monoisotopic (exact) mass is 464 g/mol. The molecule has 0 aliphatic heterocycles. The van der Waals surface area contributed by atoms with Crippen LogP contribution in [0.3, 0.4) is 0 Å². The number of amides is 1. The molecular formula is C18H13ClN4O7S. The number of thiazole rings is 1. The van der Waals surface area contributed by atoms with Crippen molar-refractivity contribution in [2.24, 2.45) is 4.99 Å². The zero-order valence-electron chi connectivity index (χ0n) is 15.8. The molecule has 160 valence electrons. The van der Waals surface area contributed by atoms with Crippen molar-refractivity contribution in [1.29, 1.82) is 0 Å². The van der Waals surface area contributed by atoms with Crippen molar-refractivity contribution in [3.8, 4) is 0 Å². The molecule has 31 heavy (non-hydrogen) atoms. The molecule has 0 radical (unpaired) electrons. The Morgan fingerprint density at radius 1 is 1.13 bits per heavy atom. The number of ether oxygens (including phenoxy) is 1. The summed E-state index contributed by atoms with van der Waals surface area (Å²) < 4.78 is 6.74. The second-order valence-electron chi connectivity index (χ2n) is 6.02. The first-order valence-corrected chi connectivity index (χ1v) is 9.87. The first-order chi connectivity index (χ1) is 14.7. The summed E-state index contributed by atoms with van der Waals surface area (Å²) >= 11 is 6.95. The molecule has 0 N–H and O–H groups in total. The average Bonchev–Trinajstić information content (AvgIpc) is 3.04. The average molecular weight is 465 g/mol. The maximum absolute atomic E-state index is 12.7. The van der Waals surface area contributed by atoms with Gasteiger partial charge in [-0.2, -0.15) is 4.99 Å². The van der Waals surface area contributed by atoms with Gasteiger partial charge in [0.25, 0.3) is 17.3 Å². The van der Waals surface area contributed by atoms with Crippen molar-refractivity contribution in [2.75, 3.05) is 6.61 Å². The van der Waals surface area contributed by atoms with Gasteiger partial charge in [0.15, 0.2) is 4.80 Å². The molecule has 3 aromatic rings. The molecule has 0 saturated heterocycles. The standard InChI is InChI=1S/C18H13ClN4O7S/c1-2-30-16(24)9-21-14-6-4-11(23(28)29)8-15(14)31-18(21)20-17(25)12-7-10(22(26)27)3-5-13(12)19/h3-8H,2,9H2,1H3. The lowest BCUT2D eigenvalue weighted by molar-refractivity contribution is -0.385. The fraction of sp³-hybridized carbons (Fsp3) is 0.167. The normalized spacial score (nSPS) is 11.5. The molecule has 0 bridgehead atoms.